The Hall–Kier alpha value is -2.04. The molecule has 1 amide bonds. The molecule has 0 fully saturated rings. The standard InChI is InChI=1S/C27H46N2O3/c1-4-5-6-7-8-9-10-11-12-13-14-15-16-17-18-19-27(30)29-28-23-24-22-25(31-2)20-21-26(24)32-3/h20-23H,4-19H2,1-3H3,(H,29,30)/b28-23+. The van der Waals surface area contributed by atoms with Gasteiger partial charge in [0.05, 0.1) is 20.4 Å². The van der Waals surface area contributed by atoms with Gasteiger partial charge in [-0.3, -0.25) is 4.79 Å². The van der Waals surface area contributed by atoms with Crippen molar-refractivity contribution < 1.29 is 14.3 Å². The van der Waals surface area contributed by atoms with E-state index in [-0.39, 0.29) is 5.91 Å². The van der Waals surface area contributed by atoms with Crippen LogP contribution in [0.1, 0.15) is 115 Å². The summed E-state index contributed by atoms with van der Waals surface area (Å²) in [4.78, 5) is 12.0. The van der Waals surface area contributed by atoms with Crippen molar-refractivity contribution in [3.63, 3.8) is 0 Å². The second-order valence-electron chi connectivity index (χ2n) is 8.60. The molecule has 0 aromatic heterocycles. The minimum Gasteiger partial charge on any atom is -0.497 e. The molecule has 0 heterocycles. The largest absolute Gasteiger partial charge is 0.497 e. The zero-order chi connectivity index (χ0) is 23.3. The Labute approximate surface area is 196 Å². The number of ether oxygens (including phenoxy) is 2. The van der Waals surface area contributed by atoms with E-state index in [1.165, 1.54) is 83.5 Å². The lowest BCUT2D eigenvalue weighted by molar-refractivity contribution is -0.121. The quantitative estimate of drug-likeness (QED) is 0.129. The summed E-state index contributed by atoms with van der Waals surface area (Å²) in [5.74, 6) is 1.36. The molecule has 1 rings (SSSR count). The van der Waals surface area contributed by atoms with Crippen LogP contribution in [0.4, 0.5) is 0 Å². The Kier molecular flexibility index (Phi) is 17.2. The number of hydrogen-bond acceptors (Lipinski definition) is 4. The lowest BCUT2D eigenvalue weighted by Crippen LogP contribution is -2.17. The highest BCUT2D eigenvalue weighted by molar-refractivity contribution is 5.85. The summed E-state index contributed by atoms with van der Waals surface area (Å²) in [6.45, 7) is 2.27. The van der Waals surface area contributed by atoms with Gasteiger partial charge in [0.15, 0.2) is 0 Å². The summed E-state index contributed by atoms with van der Waals surface area (Å²) in [6.07, 6.45) is 21.9. The Morgan fingerprint density at radius 3 is 1.84 bits per heavy atom. The third-order valence-corrected chi connectivity index (χ3v) is 5.84. The van der Waals surface area contributed by atoms with Crippen molar-refractivity contribution in [1.29, 1.82) is 0 Å². The van der Waals surface area contributed by atoms with Gasteiger partial charge < -0.3 is 9.47 Å². The monoisotopic (exact) mass is 446 g/mol. The van der Waals surface area contributed by atoms with Crippen LogP contribution in [0.5, 0.6) is 11.5 Å². The number of rotatable bonds is 20. The van der Waals surface area contributed by atoms with Gasteiger partial charge in [0.25, 0.3) is 0 Å². The van der Waals surface area contributed by atoms with Crippen LogP contribution in [0.25, 0.3) is 0 Å². The molecule has 32 heavy (non-hydrogen) atoms. The van der Waals surface area contributed by atoms with E-state index in [2.05, 4.69) is 17.5 Å². The van der Waals surface area contributed by atoms with Gasteiger partial charge in [-0.2, -0.15) is 5.10 Å². The van der Waals surface area contributed by atoms with Crippen molar-refractivity contribution in [3.8, 4) is 11.5 Å². The number of carbonyl (C=O) groups excluding carboxylic acids is 1. The molecular formula is C27H46N2O3. The average molecular weight is 447 g/mol. The van der Waals surface area contributed by atoms with Crippen molar-refractivity contribution in [1.82, 2.24) is 5.43 Å². The molecule has 0 aliphatic heterocycles. The summed E-state index contributed by atoms with van der Waals surface area (Å²) in [5.41, 5.74) is 3.37. The Balaban J connectivity index is 1.97. The molecule has 0 aliphatic rings. The van der Waals surface area contributed by atoms with E-state index in [1.54, 1.807) is 20.4 Å². The highest BCUT2D eigenvalue weighted by atomic mass is 16.5. The predicted octanol–water partition coefficient (Wildman–Crippen LogP) is 7.42. The lowest BCUT2D eigenvalue weighted by atomic mass is 10.0. The molecule has 0 spiro atoms. The van der Waals surface area contributed by atoms with Crippen LogP contribution in [0, 0.1) is 0 Å². The first-order valence-electron chi connectivity index (χ1n) is 12.7. The number of carbonyl (C=O) groups is 1. The summed E-state index contributed by atoms with van der Waals surface area (Å²) >= 11 is 0. The van der Waals surface area contributed by atoms with Crippen molar-refractivity contribution in [2.24, 2.45) is 5.10 Å². The molecule has 1 aromatic rings. The Morgan fingerprint density at radius 1 is 0.812 bits per heavy atom. The van der Waals surface area contributed by atoms with Crippen LogP contribution >= 0.6 is 0 Å². The van der Waals surface area contributed by atoms with Gasteiger partial charge in [0.2, 0.25) is 5.91 Å². The number of methoxy groups -OCH3 is 2. The number of benzene rings is 1. The van der Waals surface area contributed by atoms with Gasteiger partial charge in [-0.1, -0.05) is 96.8 Å². The van der Waals surface area contributed by atoms with E-state index in [9.17, 15) is 4.79 Å². The molecule has 1 N–H and O–H groups in total. The van der Waals surface area contributed by atoms with Gasteiger partial charge in [0.1, 0.15) is 11.5 Å². The second-order valence-corrected chi connectivity index (χ2v) is 8.60. The highest BCUT2D eigenvalue weighted by Crippen LogP contribution is 2.22. The first kappa shape index (κ1) is 28.0. The maximum atomic E-state index is 12.0. The second kappa shape index (κ2) is 19.6. The van der Waals surface area contributed by atoms with E-state index in [0.29, 0.717) is 12.2 Å². The predicted molar refractivity (Wildman–Crippen MR) is 135 cm³/mol. The van der Waals surface area contributed by atoms with Crippen LogP contribution in [0.3, 0.4) is 0 Å². The summed E-state index contributed by atoms with van der Waals surface area (Å²) in [6, 6.07) is 5.46. The smallest absolute Gasteiger partial charge is 0.240 e. The highest BCUT2D eigenvalue weighted by Gasteiger charge is 2.04. The molecule has 0 unspecified atom stereocenters. The fraction of sp³-hybridized carbons (Fsp3) is 0.704. The molecular weight excluding hydrogens is 400 g/mol. The molecule has 0 radical (unpaired) electrons. The Bertz CT molecular complexity index is 631. The van der Waals surface area contributed by atoms with E-state index in [1.807, 2.05) is 18.2 Å². The first-order valence-corrected chi connectivity index (χ1v) is 12.7. The molecule has 0 saturated heterocycles. The third-order valence-electron chi connectivity index (χ3n) is 5.84. The fourth-order valence-electron chi connectivity index (χ4n) is 3.83. The SMILES string of the molecule is CCCCCCCCCCCCCCCCCC(=O)N/N=C/c1cc(OC)ccc1OC. The maximum absolute atomic E-state index is 12.0. The lowest BCUT2D eigenvalue weighted by Gasteiger charge is -2.06. The summed E-state index contributed by atoms with van der Waals surface area (Å²) in [7, 11) is 3.22. The van der Waals surface area contributed by atoms with Gasteiger partial charge in [-0.15, -0.1) is 0 Å². The minimum atomic E-state index is -0.0437. The van der Waals surface area contributed by atoms with Crippen molar-refractivity contribution in [3.05, 3.63) is 23.8 Å². The molecule has 5 heteroatoms. The number of unbranched alkanes of at least 4 members (excludes halogenated alkanes) is 14. The van der Waals surface area contributed by atoms with Crippen LogP contribution in [-0.4, -0.2) is 26.3 Å². The topological polar surface area (TPSA) is 59.9 Å². The number of nitrogens with one attached hydrogen (secondary N) is 1. The molecule has 1 aromatic carbocycles. The number of nitrogens with zero attached hydrogens (tertiary/aromatic N) is 1. The zero-order valence-electron chi connectivity index (χ0n) is 20.8. The number of amides is 1. The molecule has 0 aliphatic carbocycles. The van der Waals surface area contributed by atoms with Crippen molar-refractivity contribution in [2.45, 2.75) is 110 Å². The van der Waals surface area contributed by atoms with Crippen LogP contribution < -0.4 is 14.9 Å². The first-order chi connectivity index (χ1) is 15.7. The summed E-state index contributed by atoms with van der Waals surface area (Å²) < 4.78 is 10.5. The van der Waals surface area contributed by atoms with Gasteiger partial charge >= 0.3 is 0 Å². The van der Waals surface area contributed by atoms with E-state index < -0.39 is 0 Å². The van der Waals surface area contributed by atoms with Gasteiger partial charge in [0, 0.05) is 12.0 Å². The number of hydrazone groups is 1. The van der Waals surface area contributed by atoms with Gasteiger partial charge in [-0.25, -0.2) is 5.43 Å². The normalized spacial score (nSPS) is 11.1. The molecule has 0 atom stereocenters. The van der Waals surface area contributed by atoms with E-state index in [4.69, 9.17) is 9.47 Å². The van der Waals surface area contributed by atoms with Crippen LogP contribution in [-0.2, 0) is 4.79 Å². The molecule has 0 saturated carbocycles. The maximum Gasteiger partial charge on any atom is 0.240 e. The number of hydrogen-bond donors (Lipinski definition) is 1. The van der Waals surface area contributed by atoms with Gasteiger partial charge in [-0.05, 0) is 24.6 Å². The molecule has 0 bridgehead atoms. The molecule has 5 nitrogen and oxygen atoms in total. The minimum absolute atomic E-state index is 0.0437. The van der Waals surface area contributed by atoms with Crippen molar-refractivity contribution in [2.75, 3.05) is 14.2 Å². The van der Waals surface area contributed by atoms with E-state index >= 15 is 0 Å². The Morgan fingerprint density at radius 2 is 1.34 bits per heavy atom. The zero-order valence-corrected chi connectivity index (χ0v) is 20.8. The van der Waals surface area contributed by atoms with Crippen molar-refractivity contribution >= 4 is 12.1 Å². The third kappa shape index (κ3) is 14.1. The molecule has 182 valence electrons. The van der Waals surface area contributed by atoms with Crippen LogP contribution in [0.15, 0.2) is 23.3 Å². The van der Waals surface area contributed by atoms with E-state index in [0.717, 1.165) is 24.2 Å². The fourth-order valence-corrected chi connectivity index (χ4v) is 3.83. The average Bonchev–Trinajstić information content (AvgIpc) is 2.81. The summed E-state index contributed by atoms with van der Waals surface area (Å²) in [5, 5.41) is 4.05. The van der Waals surface area contributed by atoms with Crippen LogP contribution in [0.2, 0.25) is 0 Å².